The predicted octanol–water partition coefficient (Wildman–Crippen LogP) is 3.96. The Labute approximate surface area is 190 Å². The number of halogens is 1. The van der Waals surface area contributed by atoms with Crippen molar-refractivity contribution < 1.29 is 13.5 Å². The van der Waals surface area contributed by atoms with Gasteiger partial charge in [-0.1, -0.05) is 0 Å². The summed E-state index contributed by atoms with van der Waals surface area (Å²) in [5.74, 6) is -0.420. The third-order valence-electron chi connectivity index (χ3n) is 6.75. The van der Waals surface area contributed by atoms with E-state index in [0.717, 1.165) is 62.5 Å². The number of anilines is 1. The lowest BCUT2D eigenvalue weighted by molar-refractivity contribution is 0.124. The van der Waals surface area contributed by atoms with Gasteiger partial charge in [-0.15, -0.1) is 0 Å². The number of oxazole rings is 1. The van der Waals surface area contributed by atoms with Gasteiger partial charge >= 0.3 is 0 Å². The van der Waals surface area contributed by atoms with Crippen LogP contribution in [0.3, 0.4) is 0 Å². The van der Waals surface area contributed by atoms with E-state index in [9.17, 15) is 4.39 Å². The van der Waals surface area contributed by atoms with Gasteiger partial charge in [-0.25, -0.2) is 13.9 Å². The van der Waals surface area contributed by atoms with Crippen LogP contribution in [-0.2, 0) is 4.74 Å². The lowest BCUT2D eigenvalue weighted by atomic mass is 10.0. The second-order valence-corrected chi connectivity index (χ2v) is 9.16. The maximum atomic E-state index is 15.0. The Bertz CT molecular complexity index is 1320. The van der Waals surface area contributed by atoms with Gasteiger partial charge in [0.05, 0.1) is 24.2 Å². The number of hydrogen-bond donors (Lipinski definition) is 1. The number of aryl methyl sites for hydroxylation is 2. The second-order valence-electron chi connectivity index (χ2n) is 9.16. The van der Waals surface area contributed by atoms with Crippen molar-refractivity contribution in [1.82, 2.24) is 24.5 Å². The summed E-state index contributed by atoms with van der Waals surface area (Å²) in [5, 5.41) is 7.98. The van der Waals surface area contributed by atoms with Crippen molar-refractivity contribution in [2.75, 3.05) is 31.6 Å². The molecule has 0 bridgehead atoms. The molecule has 0 saturated carbocycles. The van der Waals surface area contributed by atoms with Crippen LogP contribution < -0.4 is 5.32 Å². The van der Waals surface area contributed by atoms with Gasteiger partial charge in [-0.2, -0.15) is 10.1 Å². The third kappa shape index (κ3) is 3.85. The van der Waals surface area contributed by atoms with Gasteiger partial charge in [0.25, 0.3) is 6.01 Å². The molecule has 4 aromatic rings. The number of rotatable bonds is 4. The van der Waals surface area contributed by atoms with Crippen LogP contribution in [0, 0.1) is 19.7 Å². The summed E-state index contributed by atoms with van der Waals surface area (Å²) in [4.78, 5) is 11.4. The van der Waals surface area contributed by atoms with Crippen LogP contribution in [0.5, 0.6) is 0 Å². The predicted molar refractivity (Wildman–Crippen MR) is 123 cm³/mol. The van der Waals surface area contributed by atoms with E-state index < -0.39 is 5.82 Å². The molecule has 0 amide bonds. The smallest absolute Gasteiger partial charge is 0.296 e. The van der Waals surface area contributed by atoms with Crippen LogP contribution in [0.2, 0.25) is 0 Å². The first-order valence-corrected chi connectivity index (χ1v) is 11.6. The van der Waals surface area contributed by atoms with E-state index in [-0.39, 0.29) is 11.6 Å². The average molecular weight is 451 g/mol. The standard InChI is InChI=1S/C24H27FN6O2/c1-14-9-20(29-31-12-15(2)26-23(14)31)16-10-19(25)22-21(11-16)33-24(28-22)27-17-3-6-30(7-4-17)18-5-8-32-13-18/h9-12,17-18H,3-8,13H2,1-2H3,(H,27,28). The fourth-order valence-electron chi connectivity index (χ4n) is 4.98. The SMILES string of the molecule is Cc1cn2nc(-c3cc(F)c4nc(NC5CCN(C6CCOC6)CC5)oc4c3)cc(C)c2n1. The van der Waals surface area contributed by atoms with Crippen molar-refractivity contribution >= 4 is 22.8 Å². The molecule has 1 unspecified atom stereocenters. The fourth-order valence-corrected chi connectivity index (χ4v) is 4.98. The van der Waals surface area contributed by atoms with Crippen molar-refractivity contribution in [3.8, 4) is 11.3 Å². The van der Waals surface area contributed by atoms with Crippen LogP contribution in [0.4, 0.5) is 10.4 Å². The molecule has 6 rings (SSSR count). The average Bonchev–Trinajstić information content (AvgIpc) is 3.53. The molecular formula is C24H27FN6O2. The van der Waals surface area contributed by atoms with E-state index in [1.165, 1.54) is 6.07 Å². The quantitative estimate of drug-likeness (QED) is 0.504. The van der Waals surface area contributed by atoms with E-state index in [1.807, 2.05) is 26.1 Å². The van der Waals surface area contributed by atoms with Crippen LogP contribution in [0.25, 0.3) is 28.0 Å². The number of ether oxygens (including phenoxy) is 1. The number of nitrogens with zero attached hydrogens (tertiary/aromatic N) is 5. The van der Waals surface area contributed by atoms with Crippen molar-refractivity contribution in [2.45, 2.75) is 45.2 Å². The van der Waals surface area contributed by atoms with E-state index in [0.29, 0.717) is 28.9 Å². The van der Waals surface area contributed by atoms with E-state index in [1.54, 1.807) is 10.6 Å². The van der Waals surface area contributed by atoms with Crippen LogP contribution >= 0.6 is 0 Å². The Balaban J connectivity index is 1.22. The van der Waals surface area contributed by atoms with Gasteiger partial charge < -0.3 is 14.5 Å². The molecule has 2 fully saturated rings. The molecule has 1 N–H and O–H groups in total. The lowest BCUT2D eigenvalue weighted by Crippen LogP contribution is -2.44. The third-order valence-corrected chi connectivity index (χ3v) is 6.75. The highest BCUT2D eigenvalue weighted by molar-refractivity contribution is 5.81. The minimum absolute atomic E-state index is 0.234. The number of benzene rings is 1. The minimum Gasteiger partial charge on any atom is -0.423 e. The van der Waals surface area contributed by atoms with Crippen LogP contribution in [0.1, 0.15) is 30.5 Å². The van der Waals surface area contributed by atoms with Gasteiger partial charge in [0.2, 0.25) is 0 Å². The minimum atomic E-state index is -0.420. The Morgan fingerprint density at radius 2 is 1.94 bits per heavy atom. The molecule has 0 spiro atoms. The Morgan fingerprint density at radius 3 is 2.73 bits per heavy atom. The zero-order valence-electron chi connectivity index (χ0n) is 18.8. The van der Waals surface area contributed by atoms with Gasteiger partial charge in [0.15, 0.2) is 17.0 Å². The molecule has 1 atom stereocenters. The molecule has 0 radical (unpaired) electrons. The highest BCUT2D eigenvalue weighted by Crippen LogP contribution is 2.30. The first-order valence-electron chi connectivity index (χ1n) is 11.6. The molecule has 9 heteroatoms. The molecule has 172 valence electrons. The van der Waals surface area contributed by atoms with Crippen molar-refractivity contribution in [3.05, 3.63) is 41.5 Å². The molecule has 1 aromatic carbocycles. The summed E-state index contributed by atoms with van der Waals surface area (Å²) in [6.07, 6.45) is 4.97. The Kier molecular flexibility index (Phi) is 5.03. The normalized spacial score (nSPS) is 20.3. The van der Waals surface area contributed by atoms with Gasteiger partial charge in [0.1, 0.15) is 5.52 Å². The van der Waals surface area contributed by atoms with E-state index in [2.05, 4.69) is 25.3 Å². The van der Waals surface area contributed by atoms with Gasteiger partial charge in [-0.3, -0.25) is 4.90 Å². The molecule has 3 aromatic heterocycles. The molecule has 8 nitrogen and oxygen atoms in total. The molecule has 2 saturated heterocycles. The van der Waals surface area contributed by atoms with Gasteiger partial charge in [0, 0.05) is 37.3 Å². The largest absolute Gasteiger partial charge is 0.423 e. The maximum Gasteiger partial charge on any atom is 0.296 e. The van der Waals surface area contributed by atoms with Gasteiger partial charge in [-0.05, 0) is 56.9 Å². The number of hydrogen-bond acceptors (Lipinski definition) is 7. The molecule has 33 heavy (non-hydrogen) atoms. The van der Waals surface area contributed by atoms with Crippen molar-refractivity contribution in [3.63, 3.8) is 0 Å². The molecule has 2 aliphatic rings. The van der Waals surface area contributed by atoms with E-state index in [4.69, 9.17) is 9.15 Å². The second kappa shape index (κ2) is 8.07. The van der Waals surface area contributed by atoms with E-state index >= 15 is 0 Å². The summed E-state index contributed by atoms with van der Waals surface area (Å²) in [6, 6.07) is 6.36. The summed E-state index contributed by atoms with van der Waals surface area (Å²) >= 11 is 0. The first-order chi connectivity index (χ1) is 16.0. The molecule has 5 heterocycles. The van der Waals surface area contributed by atoms with Crippen LogP contribution in [-0.4, -0.2) is 62.9 Å². The maximum absolute atomic E-state index is 15.0. The van der Waals surface area contributed by atoms with Crippen LogP contribution in [0.15, 0.2) is 28.8 Å². The Hall–Kier alpha value is -3.04. The molecule has 0 aliphatic carbocycles. The number of fused-ring (bicyclic) bond motifs is 2. The summed E-state index contributed by atoms with van der Waals surface area (Å²) in [7, 11) is 0. The zero-order chi connectivity index (χ0) is 22.5. The summed E-state index contributed by atoms with van der Waals surface area (Å²) in [6.45, 7) is 7.65. The monoisotopic (exact) mass is 450 g/mol. The fraction of sp³-hybridized carbons (Fsp3) is 0.458. The first kappa shape index (κ1) is 20.6. The number of piperidine rings is 1. The summed E-state index contributed by atoms with van der Waals surface area (Å²) in [5.41, 5.74) is 4.61. The number of likely N-dealkylation sites (tertiary alicyclic amines) is 1. The highest BCUT2D eigenvalue weighted by Gasteiger charge is 2.28. The zero-order valence-corrected chi connectivity index (χ0v) is 18.8. The lowest BCUT2D eigenvalue weighted by Gasteiger charge is -2.35. The topological polar surface area (TPSA) is 80.7 Å². The molecule has 2 aliphatic heterocycles. The van der Waals surface area contributed by atoms with Crippen molar-refractivity contribution in [1.29, 1.82) is 0 Å². The highest BCUT2D eigenvalue weighted by atomic mass is 19.1. The Morgan fingerprint density at radius 1 is 1.09 bits per heavy atom. The number of imidazole rings is 1. The number of aromatic nitrogens is 4. The number of nitrogens with one attached hydrogen (secondary N) is 1. The summed E-state index contributed by atoms with van der Waals surface area (Å²) < 4.78 is 28.1. The van der Waals surface area contributed by atoms with Crippen molar-refractivity contribution in [2.24, 2.45) is 0 Å². The molecular weight excluding hydrogens is 423 g/mol.